The van der Waals surface area contributed by atoms with E-state index in [9.17, 15) is 13.6 Å². The van der Waals surface area contributed by atoms with Crippen LogP contribution in [0, 0.1) is 0 Å². The van der Waals surface area contributed by atoms with Crippen LogP contribution < -0.4 is 10.4 Å². The van der Waals surface area contributed by atoms with Crippen LogP contribution in [0.15, 0.2) is 46.9 Å². The summed E-state index contributed by atoms with van der Waals surface area (Å²) in [5, 5.41) is 7.01. The van der Waals surface area contributed by atoms with Gasteiger partial charge in [0.1, 0.15) is 0 Å². The van der Waals surface area contributed by atoms with Crippen molar-refractivity contribution in [1.29, 1.82) is 0 Å². The molecule has 3 heterocycles. The number of carbonyl (C=O) groups is 1. The fourth-order valence-corrected chi connectivity index (χ4v) is 4.69. The summed E-state index contributed by atoms with van der Waals surface area (Å²) < 4.78 is 27.7. The number of fused-ring (bicyclic) bond motifs is 2. The van der Waals surface area contributed by atoms with Gasteiger partial charge in [-0.3, -0.25) is 4.79 Å². The summed E-state index contributed by atoms with van der Waals surface area (Å²) in [4.78, 5) is 19.5. The average molecular weight is 413 g/mol. The summed E-state index contributed by atoms with van der Waals surface area (Å²) in [5.74, 6) is -2.14. The van der Waals surface area contributed by atoms with Gasteiger partial charge in [-0.05, 0) is 35.2 Å². The quantitative estimate of drug-likeness (QED) is 0.664. The molecule has 0 radical (unpaired) electrons. The minimum Gasteiger partial charge on any atom is -0.365 e. The second kappa shape index (κ2) is 6.81. The Morgan fingerprint density at radius 2 is 2.00 bits per heavy atom. The Labute approximate surface area is 169 Å². The summed E-state index contributed by atoms with van der Waals surface area (Å²) in [5.41, 5.74) is 5.98. The minimum atomic E-state index is -2.66. The predicted molar refractivity (Wildman–Crippen MR) is 109 cm³/mol. The maximum absolute atomic E-state index is 13.4. The molecule has 2 aliphatic rings. The van der Waals surface area contributed by atoms with Gasteiger partial charge in [0.05, 0.1) is 6.21 Å². The van der Waals surface area contributed by atoms with Crippen LogP contribution in [0.2, 0.25) is 0 Å². The Kier molecular flexibility index (Phi) is 4.24. The van der Waals surface area contributed by atoms with Gasteiger partial charge in [-0.25, -0.2) is 8.78 Å². The highest BCUT2D eigenvalue weighted by Gasteiger charge is 2.35. The highest BCUT2D eigenvalue weighted by atomic mass is 32.1. The lowest BCUT2D eigenvalue weighted by molar-refractivity contribution is -0.0494. The molecule has 1 fully saturated rings. The Morgan fingerprint density at radius 1 is 1.17 bits per heavy atom. The van der Waals surface area contributed by atoms with Gasteiger partial charge >= 0.3 is 0 Å². The van der Waals surface area contributed by atoms with Crippen LogP contribution in [-0.2, 0) is 0 Å². The number of benzene rings is 2. The number of rotatable bonds is 2. The van der Waals surface area contributed by atoms with Crippen molar-refractivity contribution in [2.75, 3.05) is 13.1 Å². The summed E-state index contributed by atoms with van der Waals surface area (Å²) in [6, 6.07) is 11.4. The Balaban J connectivity index is 1.43. The Morgan fingerprint density at radius 3 is 2.83 bits per heavy atom. The number of amides is 1. The zero-order chi connectivity index (χ0) is 20.0. The van der Waals surface area contributed by atoms with Gasteiger partial charge < -0.3 is 9.74 Å². The van der Waals surface area contributed by atoms with Gasteiger partial charge in [-0.15, -0.1) is 16.9 Å². The van der Waals surface area contributed by atoms with Gasteiger partial charge in [-0.1, -0.05) is 12.1 Å². The number of nitrogens with zero attached hydrogens (tertiary/aromatic N) is 2. The van der Waals surface area contributed by atoms with E-state index in [1.54, 1.807) is 23.6 Å². The van der Waals surface area contributed by atoms with Crippen LogP contribution in [0.25, 0.3) is 21.2 Å². The van der Waals surface area contributed by atoms with Crippen LogP contribution in [0.4, 0.5) is 8.78 Å². The van der Waals surface area contributed by atoms with E-state index in [-0.39, 0.29) is 31.8 Å². The Hall–Kier alpha value is -3.00. The molecule has 1 N–H and O–H groups in total. The fourth-order valence-electron chi connectivity index (χ4n) is 3.69. The predicted octanol–water partition coefficient (Wildman–Crippen LogP) is 4.67. The van der Waals surface area contributed by atoms with Crippen LogP contribution in [-0.4, -0.2) is 36.0 Å². The monoisotopic (exact) mass is 413 g/mol. The molecule has 0 unspecified atom stereocenters. The molecule has 0 saturated carbocycles. The van der Waals surface area contributed by atoms with Gasteiger partial charge in [0.2, 0.25) is 0 Å². The van der Waals surface area contributed by atoms with Crippen LogP contribution in [0.1, 0.15) is 28.8 Å². The molecule has 0 spiro atoms. The lowest BCUT2D eigenvalue weighted by Gasteiger charge is -2.31. The lowest BCUT2D eigenvalue weighted by Crippen LogP contribution is -2.42. The van der Waals surface area contributed by atoms with Crippen LogP contribution >= 0.6 is 11.3 Å². The number of piperidine rings is 1. The molecular weight excluding hydrogens is 396 g/mol. The number of hydrogen-bond donors (Lipinski definition) is 1. The molecule has 2 aliphatic heterocycles. The van der Waals surface area contributed by atoms with E-state index in [1.165, 1.54) is 4.90 Å². The molecule has 0 bridgehead atoms. The largest absolute Gasteiger partial charge is 0.365 e. The molecule has 1 amide bonds. The molecule has 5 rings (SSSR count). The van der Waals surface area contributed by atoms with E-state index in [0.29, 0.717) is 11.3 Å². The Bertz CT molecular complexity index is 1130. The summed E-state index contributed by atoms with van der Waals surface area (Å²) >= 11 is 1.56. The molecule has 1 aromatic heterocycles. The molecule has 29 heavy (non-hydrogen) atoms. The van der Waals surface area contributed by atoms with E-state index in [4.69, 9.17) is 4.84 Å². The van der Waals surface area contributed by atoms with Crippen molar-refractivity contribution in [3.8, 4) is 16.9 Å². The lowest BCUT2D eigenvalue weighted by atomic mass is 10.0. The maximum Gasteiger partial charge on any atom is 0.253 e. The topological polar surface area (TPSA) is 53.9 Å². The van der Waals surface area contributed by atoms with Crippen LogP contribution in [0.3, 0.4) is 0 Å². The molecule has 2 aromatic carbocycles. The highest BCUT2D eigenvalue weighted by Crippen LogP contribution is 2.37. The van der Waals surface area contributed by atoms with E-state index < -0.39 is 5.92 Å². The number of halogens is 2. The number of alkyl halides is 2. The van der Waals surface area contributed by atoms with Crippen molar-refractivity contribution in [3.63, 3.8) is 0 Å². The molecular formula is C21H17F2N3O2S. The second-order valence-electron chi connectivity index (χ2n) is 7.21. The van der Waals surface area contributed by atoms with E-state index in [0.717, 1.165) is 26.8 Å². The van der Waals surface area contributed by atoms with Gasteiger partial charge in [-0.2, -0.15) is 5.10 Å². The van der Waals surface area contributed by atoms with E-state index >= 15 is 0 Å². The SMILES string of the molecule is O=C(c1ccc2c(-c3ccc4c(c3)C=NNO4)csc2c1)N1CCC(F)(F)CC1. The van der Waals surface area contributed by atoms with Gasteiger partial charge in [0.15, 0.2) is 5.75 Å². The number of hydrazone groups is 1. The zero-order valence-electron chi connectivity index (χ0n) is 15.3. The molecule has 3 aromatic rings. The molecule has 0 atom stereocenters. The first kappa shape index (κ1) is 18.1. The number of carbonyl (C=O) groups excluding carboxylic acids is 1. The molecule has 0 aliphatic carbocycles. The number of nitrogens with one attached hydrogen (secondary N) is 1. The number of thiophene rings is 1. The van der Waals surface area contributed by atoms with Crippen molar-refractivity contribution in [2.24, 2.45) is 5.10 Å². The smallest absolute Gasteiger partial charge is 0.253 e. The molecule has 1 saturated heterocycles. The van der Waals surface area contributed by atoms with E-state index in [1.807, 2.05) is 30.3 Å². The summed E-state index contributed by atoms with van der Waals surface area (Å²) in [6.07, 6.45) is 1.16. The van der Waals surface area contributed by atoms with Crippen LogP contribution in [0.5, 0.6) is 5.75 Å². The second-order valence-corrected chi connectivity index (χ2v) is 8.12. The maximum atomic E-state index is 13.4. The normalized spacial score (nSPS) is 17.5. The first-order valence-electron chi connectivity index (χ1n) is 9.28. The summed E-state index contributed by atoms with van der Waals surface area (Å²) in [7, 11) is 0. The first-order valence-corrected chi connectivity index (χ1v) is 10.2. The minimum absolute atomic E-state index is 0.0904. The average Bonchev–Trinajstić information content (AvgIpc) is 3.16. The number of hydrogen-bond acceptors (Lipinski definition) is 5. The third kappa shape index (κ3) is 3.33. The fraction of sp³-hybridized carbons (Fsp3) is 0.238. The van der Waals surface area contributed by atoms with Crippen molar-refractivity contribution in [3.05, 3.63) is 52.9 Å². The van der Waals surface area contributed by atoms with Gasteiger partial charge in [0.25, 0.3) is 11.8 Å². The molecule has 148 valence electrons. The van der Waals surface area contributed by atoms with Gasteiger partial charge in [0, 0.05) is 52.7 Å². The molecule has 8 heteroatoms. The number of likely N-dealkylation sites (tertiary alicyclic amines) is 1. The standard InChI is InChI=1S/C21H17F2N3O2S/c22-21(23)5-7-26(8-6-21)20(27)14-1-3-16-17(12-29-19(16)10-14)13-2-4-18-15(9-13)11-24-25-28-18/h1-4,9-12,25H,5-8H2. The third-order valence-electron chi connectivity index (χ3n) is 5.34. The highest BCUT2D eigenvalue weighted by molar-refractivity contribution is 7.17. The van der Waals surface area contributed by atoms with Crippen molar-refractivity contribution >= 4 is 33.5 Å². The first-order chi connectivity index (χ1) is 14.0. The molecule has 5 nitrogen and oxygen atoms in total. The van der Waals surface area contributed by atoms with E-state index in [2.05, 4.69) is 16.1 Å². The zero-order valence-corrected chi connectivity index (χ0v) is 16.1. The van der Waals surface area contributed by atoms with Crippen molar-refractivity contribution in [1.82, 2.24) is 10.5 Å². The van der Waals surface area contributed by atoms with Crippen molar-refractivity contribution in [2.45, 2.75) is 18.8 Å². The summed E-state index contributed by atoms with van der Waals surface area (Å²) in [6.45, 7) is 0.181. The van der Waals surface area contributed by atoms with Crippen molar-refractivity contribution < 1.29 is 18.4 Å². The third-order valence-corrected chi connectivity index (χ3v) is 6.28.